The molecule has 162 valence electrons. The van der Waals surface area contributed by atoms with Gasteiger partial charge in [0, 0.05) is 42.7 Å². The predicted molar refractivity (Wildman–Crippen MR) is 116 cm³/mol. The molecule has 1 N–H and O–H groups in total. The van der Waals surface area contributed by atoms with Crippen molar-refractivity contribution < 1.29 is 17.9 Å². The van der Waals surface area contributed by atoms with E-state index in [-0.39, 0.29) is 16.3 Å². The average molecular weight is 488 g/mol. The topological polar surface area (TPSA) is 79.0 Å². The summed E-state index contributed by atoms with van der Waals surface area (Å²) in [5.41, 5.74) is 0.115. The van der Waals surface area contributed by atoms with E-state index in [0.29, 0.717) is 42.9 Å². The van der Waals surface area contributed by atoms with E-state index in [1.807, 2.05) is 0 Å². The number of morpholine rings is 1. The van der Waals surface area contributed by atoms with E-state index < -0.39 is 10.0 Å². The first kappa shape index (κ1) is 22.7. The summed E-state index contributed by atoms with van der Waals surface area (Å²) in [4.78, 5) is 15.3. The minimum absolute atomic E-state index is 0.167. The van der Waals surface area contributed by atoms with Crippen LogP contribution in [0.25, 0.3) is 0 Å². The van der Waals surface area contributed by atoms with Gasteiger partial charge in [0.1, 0.15) is 0 Å². The molecule has 0 aromatic heterocycles. The van der Waals surface area contributed by atoms with Gasteiger partial charge in [-0.05, 0) is 60.8 Å². The van der Waals surface area contributed by atoms with Crippen LogP contribution >= 0.6 is 15.9 Å². The van der Waals surface area contributed by atoms with Gasteiger partial charge in [-0.3, -0.25) is 9.69 Å². The van der Waals surface area contributed by atoms with Gasteiger partial charge in [-0.15, -0.1) is 0 Å². The molecule has 0 radical (unpaired) electrons. The van der Waals surface area contributed by atoms with Crippen LogP contribution in [0.1, 0.15) is 43.5 Å². The Morgan fingerprint density at radius 1 is 1.14 bits per heavy atom. The molecule has 0 spiro atoms. The van der Waals surface area contributed by atoms with E-state index in [1.165, 1.54) is 10.4 Å². The molecular formula is C20H30BrN3O4S. The van der Waals surface area contributed by atoms with Gasteiger partial charge < -0.3 is 10.1 Å². The number of piperidine rings is 1. The second kappa shape index (κ2) is 9.43. The first-order chi connectivity index (χ1) is 13.7. The molecule has 1 aromatic carbocycles. The standard InChI is InChI=1S/C20H30BrN3O4S/c1-20(2,23-10-12-28-13-11-23)15-22-19(25)17-14-16(6-7-18(17)21)29(26,27)24-8-4-3-5-9-24/h6-7,14H,3-5,8-13,15H2,1-2H3,(H,22,25). The maximum absolute atomic E-state index is 13.0. The lowest BCUT2D eigenvalue weighted by Gasteiger charge is -2.40. The average Bonchev–Trinajstić information content (AvgIpc) is 2.73. The third-order valence-electron chi connectivity index (χ3n) is 5.68. The number of sulfonamides is 1. The van der Waals surface area contributed by atoms with Crippen molar-refractivity contribution in [1.29, 1.82) is 0 Å². The number of hydrogen-bond acceptors (Lipinski definition) is 5. The largest absolute Gasteiger partial charge is 0.379 e. The summed E-state index contributed by atoms with van der Waals surface area (Å²) in [5.74, 6) is -0.283. The number of carbonyl (C=O) groups is 1. The number of ether oxygens (including phenoxy) is 1. The Labute approximate surface area is 182 Å². The van der Waals surface area contributed by atoms with Crippen molar-refractivity contribution in [2.75, 3.05) is 45.9 Å². The highest BCUT2D eigenvalue weighted by molar-refractivity contribution is 9.10. The van der Waals surface area contributed by atoms with Gasteiger partial charge in [0.2, 0.25) is 10.0 Å². The molecule has 2 aliphatic rings. The summed E-state index contributed by atoms with van der Waals surface area (Å²) in [6.07, 6.45) is 2.80. The molecule has 0 bridgehead atoms. The normalized spacial score (nSPS) is 19.8. The van der Waals surface area contributed by atoms with Crippen LogP contribution in [-0.2, 0) is 14.8 Å². The monoisotopic (exact) mass is 487 g/mol. The SMILES string of the molecule is CC(C)(CNC(=O)c1cc(S(=O)(=O)N2CCCCC2)ccc1Br)N1CCOCC1. The second-order valence-electron chi connectivity index (χ2n) is 8.20. The number of nitrogens with zero attached hydrogens (tertiary/aromatic N) is 2. The number of halogens is 1. The lowest BCUT2D eigenvalue weighted by Crippen LogP contribution is -2.55. The number of amides is 1. The lowest BCUT2D eigenvalue weighted by molar-refractivity contribution is -0.00923. The second-order valence-corrected chi connectivity index (χ2v) is 11.0. The zero-order valence-corrected chi connectivity index (χ0v) is 19.5. The van der Waals surface area contributed by atoms with Gasteiger partial charge in [-0.2, -0.15) is 4.31 Å². The molecule has 0 aliphatic carbocycles. The summed E-state index contributed by atoms with van der Waals surface area (Å²) >= 11 is 3.39. The lowest BCUT2D eigenvalue weighted by atomic mass is 10.0. The number of rotatable bonds is 6. The molecule has 2 heterocycles. The molecule has 7 nitrogen and oxygen atoms in total. The van der Waals surface area contributed by atoms with E-state index in [9.17, 15) is 13.2 Å². The fourth-order valence-corrected chi connectivity index (χ4v) is 5.74. The number of hydrogen-bond donors (Lipinski definition) is 1. The molecule has 1 aromatic rings. The van der Waals surface area contributed by atoms with Crippen molar-refractivity contribution in [3.63, 3.8) is 0 Å². The highest BCUT2D eigenvalue weighted by Gasteiger charge is 2.30. The minimum Gasteiger partial charge on any atom is -0.379 e. The van der Waals surface area contributed by atoms with Crippen molar-refractivity contribution in [3.8, 4) is 0 Å². The van der Waals surface area contributed by atoms with Gasteiger partial charge in [0.25, 0.3) is 5.91 Å². The third-order valence-corrected chi connectivity index (χ3v) is 8.27. The van der Waals surface area contributed by atoms with Gasteiger partial charge >= 0.3 is 0 Å². The van der Waals surface area contributed by atoms with Crippen LogP contribution in [0.5, 0.6) is 0 Å². The Balaban J connectivity index is 1.72. The van der Waals surface area contributed by atoms with Crippen LogP contribution in [0.15, 0.2) is 27.6 Å². The van der Waals surface area contributed by atoms with Crippen LogP contribution < -0.4 is 5.32 Å². The molecular weight excluding hydrogens is 458 g/mol. The third kappa shape index (κ3) is 5.38. The Kier molecular flexibility index (Phi) is 7.37. The van der Waals surface area contributed by atoms with Gasteiger partial charge in [0.05, 0.1) is 23.7 Å². The summed E-state index contributed by atoms with van der Waals surface area (Å²) in [6, 6.07) is 4.67. The summed E-state index contributed by atoms with van der Waals surface area (Å²) in [6.45, 7) is 8.75. The van der Waals surface area contributed by atoms with Crippen molar-refractivity contribution in [2.45, 2.75) is 43.5 Å². The van der Waals surface area contributed by atoms with E-state index in [0.717, 1.165) is 32.4 Å². The predicted octanol–water partition coefficient (Wildman–Crippen LogP) is 2.46. The Morgan fingerprint density at radius 3 is 2.45 bits per heavy atom. The molecule has 29 heavy (non-hydrogen) atoms. The molecule has 0 saturated carbocycles. The van der Waals surface area contributed by atoms with E-state index in [1.54, 1.807) is 12.1 Å². The smallest absolute Gasteiger partial charge is 0.252 e. The summed E-state index contributed by atoms with van der Waals surface area (Å²) < 4.78 is 33.4. The zero-order chi connectivity index (χ0) is 21.1. The Bertz CT molecular complexity index is 832. The van der Waals surface area contributed by atoms with Crippen LogP contribution in [0.3, 0.4) is 0 Å². The van der Waals surface area contributed by atoms with Crippen LogP contribution in [0.4, 0.5) is 0 Å². The Morgan fingerprint density at radius 2 is 1.79 bits per heavy atom. The fraction of sp³-hybridized carbons (Fsp3) is 0.650. The number of nitrogens with one attached hydrogen (secondary N) is 1. The molecule has 3 rings (SSSR count). The van der Waals surface area contributed by atoms with Crippen molar-refractivity contribution in [1.82, 2.24) is 14.5 Å². The van der Waals surface area contributed by atoms with Crippen LogP contribution in [0.2, 0.25) is 0 Å². The van der Waals surface area contributed by atoms with E-state index in [2.05, 4.69) is 40.0 Å². The number of carbonyl (C=O) groups excluding carboxylic acids is 1. The molecule has 2 aliphatic heterocycles. The number of benzene rings is 1. The van der Waals surface area contributed by atoms with E-state index >= 15 is 0 Å². The molecule has 1 amide bonds. The van der Waals surface area contributed by atoms with Crippen LogP contribution in [-0.4, -0.2) is 75.0 Å². The first-order valence-corrected chi connectivity index (χ1v) is 12.4. The molecule has 2 saturated heterocycles. The molecule has 0 unspecified atom stereocenters. The quantitative estimate of drug-likeness (QED) is 0.666. The van der Waals surface area contributed by atoms with E-state index in [4.69, 9.17) is 4.74 Å². The summed E-state index contributed by atoms with van der Waals surface area (Å²) in [7, 11) is -3.58. The maximum atomic E-state index is 13.0. The highest BCUT2D eigenvalue weighted by Crippen LogP contribution is 2.25. The zero-order valence-electron chi connectivity index (χ0n) is 17.1. The molecule has 2 fully saturated rings. The van der Waals surface area contributed by atoms with Gasteiger partial charge in [-0.1, -0.05) is 6.42 Å². The molecule has 9 heteroatoms. The van der Waals surface area contributed by atoms with Crippen molar-refractivity contribution in [2.24, 2.45) is 0 Å². The highest BCUT2D eigenvalue weighted by atomic mass is 79.9. The minimum atomic E-state index is -3.58. The van der Waals surface area contributed by atoms with Crippen molar-refractivity contribution >= 4 is 31.9 Å². The maximum Gasteiger partial charge on any atom is 0.252 e. The van der Waals surface area contributed by atoms with Gasteiger partial charge in [-0.25, -0.2) is 8.42 Å². The van der Waals surface area contributed by atoms with Crippen LogP contribution in [0, 0.1) is 0 Å². The Hall–Kier alpha value is -1.00. The first-order valence-electron chi connectivity index (χ1n) is 10.1. The molecule has 0 atom stereocenters. The van der Waals surface area contributed by atoms with Gasteiger partial charge in [0.15, 0.2) is 0 Å². The van der Waals surface area contributed by atoms with Crippen molar-refractivity contribution in [3.05, 3.63) is 28.2 Å². The summed E-state index contributed by atoms with van der Waals surface area (Å²) in [5, 5.41) is 2.98. The fourth-order valence-electron chi connectivity index (χ4n) is 3.77.